The number of ether oxygens (including phenoxy) is 1. The molecule has 0 aliphatic carbocycles. The van der Waals surface area contributed by atoms with Gasteiger partial charge in [-0.25, -0.2) is 0 Å². The maximum atomic E-state index is 12.1. The number of carbonyl (C=O) groups is 1. The number of ketones is 1. The molecule has 0 aromatic heterocycles. The van der Waals surface area contributed by atoms with E-state index in [1.165, 1.54) is 0 Å². The smallest absolute Gasteiger partial charge is 0.139 e. The third kappa shape index (κ3) is 5.35. The quantitative estimate of drug-likeness (QED) is 0.692. The van der Waals surface area contributed by atoms with Crippen molar-refractivity contribution < 1.29 is 9.53 Å². The fourth-order valence-corrected chi connectivity index (χ4v) is 1.97. The highest BCUT2D eigenvalue weighted by atomic mass is 16.5. The number of para-hydroxylation sites is 1. The van der Waals surface area contributed by atoms with Crippen LogP contribution >= 0.6 is 0 Å². The predicted molar refractivity (Wildman–Crippen MR) is 74.8 cm³/mol. The molecule has 0 saturated heterocycles. The second-order valence-electron chi connectivity index (χ2n) is 5.17. The second-order valence-corrected chi connectivity index (χ2v) is 5.17. The maximum Gasteiger partial charge on any atom is 0.139 e. The average Bonchev–Trinajstić information content (AvgIpc) is 2.34. The molecule has 0 spiro atoms. The Bertz CT molecular complexity index is 343. The van der Waals surface area contributed by atoms with E-state index < -0.39 is 0 Å². The molecule has 1 aromatic rings. The first-order valence-corrected chi connectivity index (χ1v) is 6.84. The Hall–Kier alpha value is -1.31. The van der Waals surface area contributed by atoms with Crippen molar-refractivity contribution in [2.45, 2.75) is 40.0 Å². The average molecular weight is 248 g/mol. The first-order valence-electron chi connectivity index (χ1n) is 6.84. The van der Waals surface area contributed by atoms with Crippen LogP contribution in [0.3, 0.4) is 0 Å². The minimum absolute atomic E-state index is 0.0395. The molecule has 1 aromatic carbocycles. The van der Waals surface area contributed by atoms with E-state index in [-0.39, 0.29) is 5.92 Å². The summed E-state index contributed by atoms with van der Waals surface area (Å²) < 4.78 is 5.70. The van der Waals surface area contributed by atoms with Gasteiger partial charge in [-0.2, -0.15) is 0 Å². The van der Waals surface area contributed by atoms with Gasteiger partial charge in [0.05, 0.1) is 12.5 Å². The monoisotopic (exact) mass is 248 g/mol. The lowest BCUT2D eigenvalue weighted by molar-refractivity contribution is -0.124. The lowest BCUT2D eigenvalue weighted by atomic mass is 9.93. The molecule has 100 valence electrons. The van der Waals surface area contributed by atoms with Gasteiger partial charge in [-0.15, -0.1) is 0 Å². The van der Waals surface area contributed by atoms with E-state index in [1.807, 2.05) is 30.3 Å². The van der Waals surface area contributed by atoms with Gasteiger partial charge in [-0.3, -0.25) is 4.79 Å². The largest absolute Gasteiger partial charge is 0.493 e. The van der Waals surface area contributed by atoms with Gasteiger partial charge in [-0.05, 0) is 24.5 Å². The summed E-state index contributed by atoms with van der Waals surface area (Å²) >= 11 is 0. The normalized spacial score (nSPS) is 12.4. The Kier molecular flexibility index (Phi) is 6.48. The van der Waals surface area contributed by atoms with Gasteiger partial charge in [0.25, 0.3) is 0 Å². The number of rotatable bonds is 8. The minimum atomic E-state index is 0.0395. The third-order valence-electron chi connectivity index (χ3n) is 2.90. The summed E-state index contributed by atoms with van der Waals surface area (Å²) in [6.07, 6.45) is 2.59. The van der Waals surface area contributed by atoms with Crippen LogP contribution in [-0.2, 0) is 4.79 Å². The highest BCUT2D eigenvalue weighted by molar-refractivity contribution is 5.81. The summed E-state index contributed by atoms with van der Waals surface area (Å²) in [6, 6.07) is 9.70. The second kappa shape index (κ2) is 7.91. The maximum absolute atomic E-state index is 12.1. The van der Waals surface area contributed by atoms with Gasteiger partial charge in [-0.1, -0.05) is 45.4 Å². The highest BCUT2D eigenvalue weighted by Gasteiger charge is 2.19. The van der Waals surface area contributed by atoms with Crippen LogP contribution in [0.4, 0.5) is 0 Å². The summed E-state index contributed by atoms with van der Waals surface area (Å²) in [5.74, 6) is 1.64. The van der Waals surface area contributed by atoms with Crippen LogP contribution < -0.4 is 4.74 Å². The van der Waals surface area contributed by atoms with Crippen molar-refractivity contribution in [3.05, 3.63) is 30.3 Å². The van der Waals surface area contributed by atoms with Crippen LogP contribution in [0.5, 0.6) is 5.75 Å². The molecule has 0 heterocycles. The van der Waals surface area contributed by atoms with Gasteiger partial charge in [0.1, 0.15) is 11.5 Å². The Morgan fingerprint density at radius 2 is 1.89 bits per heavy atom. The van der Waals surface area contributed by atoms with Gasteiger partial charge in [0.15, 0.2) is 0 Å². The van der Waals surface area contributed by atoms with Crippen molar-refractivity contribution in [3.63, 3.8) is 0 Å². The van der Waals surface area contributed by atoms with Gasteiger partial charge in [0.2, 0.25) is 0 Å². The van der Waals surface area contributed by atoms with E-state index in [0.717, 1.165) is 18.6 Å². The summed E-state index contributed by atoms with van der Waals surface area (Å²) in [7, 11) is 0. The summed E-state index contributed by atoms with van der Waals surface area (Å²) in [6.45, 7) is 6.78. The van der Waals surface area contributed by atoms with Crippen LogP contribution in [-0.4, -0.2) is 12.4 Å². The van der Waals surface area contributed by atoms with E-state index >= 15 is 0 Å². The van der Waals surface area contributed by atoms with E-state index in [9.17, 15) is 4.79 Å². The molecule has 18 heavy (non-hydrogen) atoms. The molecule has 1 atom stereocenters. The molecule has 0 bridgehead atoms. The first kappa shape index (κ1) is 14.7. The molecule has 0 fully saturated rings. The first-order chi connectivity index (χ1) is 8.63. The lowest BCUT2D eigenvalue weighted by Crippen LogP contribution is -2.23. The number of Topliss-reactive ketones (excluding diaryl/α,β-unsaturated/α-hetero) is 1. The molecule has 0 radical (unpaired) electrons. The number of hydrogen-bond acceptors (Lipinski definition) is 2. The number of benzene rings is 1. The molecule has 0 N–H and O–H groups in total. The summed E-state index contributed by atoms with van der Waals surface area (Å²) in [5, 5.41) is 0. The van der Waals surface area contributed by atoms with Gasteiger partial charge >= 0.3 is 0 Å². The van der Waals surface area contributed by atoms with Crippen LogP contribution in [0, 0.1) is 11.8 Å². The van der Waals surface area contributed by atoms with Crippen LogP contribution in [0.25, 0.3) is 0 Å². The van der Waals surface area contributed by atoms with Crippen molar-refractivity contribution in [2.24, 2.45) is 11.8 Å². The lowest BCUT2D eigenvalue weighted by Gasteiger charge is -2.17. The van der Waals surface area contributed by atoms with E-state index in [4.69, 9.17) is 4.74 Å². The van der Waals surface area contributed by atoms with E-state index in [0.29, 0.717) is 24.7 Å². The molecule has 0 aliphatic rings. The molecule has 2 nitrogen and oxygen atoms in total. The molecule has 2 heteroatoms. The standard InChI is InChI=1S/C16H24O2/c1-4-8-14(16(17)11-13(2)3)12-18-15-9-6-5-7-10-15/h5-7,9-10,13-14H,4,8,11-12H2,1-3H3. The highest BCUT2D eigenvalue weighted by Crippen LogP contribution is 2.16. The predicted octanol–water partition coefficient (Wildman–Crippen LogP) is 4.10. The molecule has 0 saturated carbocycles. The van der Waals surface area contributed by atoms with Gasteiger partial charge in [0, 0.05) is 6.42 Å². The van der Waals surface area contributed by atoms with Crippen molar-refractivity contribution in [1.29, 1.82) is 0 Å². The zero-order chi connectivity index (χ0) is 13.4. The molecular weight excluding hydrogens is 224 g/mol. The molecule has 1 unspecified atom stereocenters. The van der Waals surface area contributed by atoms with E-state index in [2.05, 4.69) is 20.8 Å². The summed E-state index contributed by atoms with van der Waals surface area (Å²) in [5.41, 5.74) is 0. The molecule has 0 amide bonds. The molecule has 0 aliphatic heterocycles. The van der Waals surface area contributed by atoms with Crippen molar-refractivity contribution >= 4 is 5.78 Å². The van der Waals surface area contributed by atoms with Crippen molar-refractivity contribution in [3.8, 4) is 5.75 Å². The molecule has 1 rings (SSSR count). The molecular formula is C16H24O2. The van der Waals surface area contributed by atoms with E-state index in [1.54, 1.807) is 0 Å². The number of carbonyl (C=O) groups excluding carboxylic acids is 1. The van der Waals surface area contributed by atoms with Crippen molar-refractivity contribution in [2.75, 3.05) is 6.61 Å². The van der Waals surface area contributed by atoms with Crippen LogP contribution in [0.1, 0.15) is 40.0 Å². The Morgan fingerprint density at radius 1 is 1.22 bits per heavy atom. The number of hydrogen-bond donors (Lipinski definition) is 0. The fraction of sp³-hybridized carbons (Fsp3) is 0.562. The van der Waals surface area contributed by atoms with Gasteiger partial charge < -0.3 is 4.74 Å². The Morgan fingerprint density at radius 3 is 2.44 bits per heavy atom. The SMILES string of the molecule is CCCC(COc1ccccc1)C(=O)CC(C)C. The zero-order valence-electron chi connectivity index (χ0n) is 11.7. The Labute approximate surface area is 110 Å². The third-order valence-corrected chi connectivity index (χ3v) is 2.90. The minimum Gasteiger partial charge on any atom is -0.493 e. The van der Waals surface area contributed by atoms with Crippen LogP contribution in [0.2, 0.25) is 0 Å². The topological polar surface area (TPSA) is 26.3 Å². The fourth-order valence-electron chi connectivity index (χ4n) is 1.97. The zero-order valence-corrected chi connectivity index (χ0v) is 11.7. The summed E-state index contributed by atoms with van der Waals surface area (Å²) in [4.78, 5) is 12.1. The Balaban J connectivity index is 2.50. The van der Waals surface area contributed by atoms with Crippen LogP contribution in [0.15, 0.2) is 30.3 Å². The van der Waals surface area contributed by atoms with Crippen molar-refractivity contribution in [1.82, 2.24) is 0 Å².